The van der Waals surface area contributed by atoms with Crippen molar-refractivity contribution in [3.8, 4) is 22.3 Å². The number of fused-ring (bicyclic) bond motifs is 4. The molecule has 0 bridgehead atoms. The summed E-state index contributed by atoms with van der Waals surface area (Å²) in [5.41, 5.74) is 9.16. The van der Waals surface area contributed by atoms with E-state index in [1.165, 1.54) is 76.1 Å². The molecule has 0 N–H and O–H groups in total. The van der Waals surface area contributed by atoms with Gasteiger partial charge in [0.15, 0.2) is 0 Å². The molecule has 0 atom stereocenters. The molecule has 0 saturated heterocycles. The van der Waals surface area contributed by atoms with Gasteiger partial charge in [-0.1, -0.05) is 85.6 Å². The second kappa shape index (κ2) is 18.8. The monoisotopic (exact) mass is 854 g/mol. The van der Waals surface area contributed by atoms with Crippen LogP contribution >= 0.6 is 0 Å². The number of halogens is 2. The number of hydrogen-bond acceptors (Lipinski definition) is 2. The fourth-order valence-electron chi connectivity index (χ4n) is 7.11. The molecule has 0 aliphatic rings. The van der Waals surface area contributed by atoms with Gasteiger partial charge in [-0.25, -0.2) is 0 Å². The van der Waals surface area contributed by atoms with Gasteiger partial charge in [-0.15, -0.1) is 69.1 Å². The van der Waals surface area contributed by atoms with Crippen molar-refractivity contribution in [2.24, 2.45) is 0 Å². The summed E-state index contributed by atoms with van der Waals surface area (Å²) in [5.74, 6) is 0. The van der Waals surface area contributed by atoms with Crippen LogP contribution in [0.5, 0.6) is 0 Å². The van der Waals surface area contributed by atoms with E-state index in [1.54, 1.807) is 23.3 Å². The molecule has 0 aliphatic carbocycles. The number of rotatable bonds is 4. The molecule has 0 saturated carbocycles. The summed E-state index contributed by atoms with van der Waals surface area (Å²) in [6, 6.07) is 64.7. The van der Waals surface area contributed by atoms with Crippen molar-refractivity contribution in [1.82, 2.24) is 9.97 Å². The maximum atomic E-state index is 4.54. The molecule has 8 aromatic carbocycles. The molecule has 0 radical (unpaired) electrons. The van der Waals surface area contributed by atoms with Gasteiger partial charge in [0.2, 0.25) is 0 Å². The van der Waals surface area contributed by atoms with Gasteiger partial charge >= 0.3 is 99.8 Å². The Labute approximate surface area is 356 Å². The zero-order valence-corrected chi connectivity index (χ0v) is 36.1. The number of pyridine rings is 2. The van der Waals surface area contributed by atoms with E-state index in [0.29, 0.717) is 0 Å². The molecule has 56 heavy (non-hydrogen) atoms. The van der Waals surface area contributed by atoms with Crippen LogP contribution in [0.25, 0.3) is 65.6 Å². The number of benzene rings is 6. The first-order valence-corrected chi connectivity index (χ1v) is 23.4. The minimum absolute atomic E-state index is 0. The Morgan fingerprint density at radius 2 is 0.839 bits per heavy atom. The summed E-state index contributed by atoms with van der Waals surface area (Å²) < 4.78 is 0. The maximum absolute atomic E-state index is 4.54. The Balaban J connectivity index is 0.000000142. The van der Waals surface area contributed by atoms with E-state index in [9.17, 15) is 0 Å². The molecule has 6 heteroatoms. The summed E-state index contributed by atoms with van der Waals surface area (Å²) >= 11 is 1.64. The van der Waals surface area contributed by atoms with Crippen LogP contribution in [0.4, 0.5) is 0 Å². The van der Waals surface area contributed by atoms with E-state index in [4.69, 9.17) is 0 Å². The van der Waals surface area contributed by atoms with Crippen LogP contribution < -0.4 is 35.2 Å². The topological polar surface area (TPSA) is 25.8 Å². The van der Waals surface area contributed by atoms with Gasteiger partial charge in [-0.2, -0.15) is 12.1 Å². The average molecular weight is 857 g/mol. The van der Waals surface area contributed by atoms with E-state index in [0.717, 1.165) is 11.0 Å². The Morgan fingerprint density at radius 1 is 0.429 bits per heavy atom. The first kappa shape index (κ1) is 40.7. The second-order valence-electron chi connectivity index (χ2n) is 13.6. The Morgan fingerprint density at radius 3 is 1.27 bits per heavy atom. The first-order chi connectivity index (χ1) is 26.5. The number of para-hydroxylation sites is 2. The summed E-state index contributed by atoms with van der Waals surface area (Å²) in [6.45, 7) is 4.28. The van der Waals surface area contributed by atoms with Crippen molar-refractivity contribution in [3.05, 3.63) is 206 Å². The molecule has 2 heterocycles. The Hall–Kier alpha value is -4.96. The van der Waals surface area contributed by atoms with Gasteiger partial charge in [0.1, 0.15) is 0 Å². The van der Waals surface area contributed by atoms with Crippen molar-refractivity contribution in [1.29, 1.82) is 0 Å². The molecule has 0 aliphatic heterocycles. The van der Waals surface area contributed by atoms with Gasteiger partial charge in [-0.3, -0.25) is 9.97 Å². The second-order valence-corrected chi connectivity index (χ2v) is 19.2. The summed E-state index contributed by atoms with van der Waals surface area (Å²) in [4.78, 5) is 9.09. The fourth-order valence-corrected chi connectivity index (χ4v) is 11.0. The molecule has 0 fully saturated rings. The van der Waals surface area contributed by atoms with Crippen molar-refractivity contribution < 1.29 is 48.1 Å². The minimum atomic E-state index is -0.455. The molecule has 0 spiro atoms. The number of aromatic nitrogens is 2. The van der Waals surface area contributed by atoms with E-state index in [-0.39, 0.29) is 24.8 Å². The molecule has 0 amide bonds. The van der Waals surface area contributed by atoms with Crippen molar-refractivity contribution in [2.45, 2.75) is 13.8 Å². The van der Waals surface area contributed by atoms with Crippen LogP contribution in [0, 0.1) is 13.8 Å². The van der Waals surface area contributed by atoms with E-state index in [1.807, 2.05) is 24.5 Å². The molecular formula is C50H38Cl2N2SiZr-2. The normalized spacial score (nSPS) is 10.5. The predicted octanol–water partition coefficient (Wildman–Crippen LogP) is 5.51. The third kappa shape index (κ3) is 9.18. The fraction of sp³-hybridized carbons (Fsp3) is 0.0400. The Kier molecular flexibility index (Phi) is 13.7. The van der Waals surface area contributed by atoms with Gasteiger partial charge in [0, 0.05) is 23.2 Å². The summed E-state index contributed by atoms with van der Waals surface area (Å²) in [7, 11) is 0. The van der Waals surface area contributed by atoms with Gasteiger partial charge in [-0.05, 0) is 23.3 Å². The molecule has 10 aromatic rings. The van der Waals surface area contributed by atoms with Crippen LogP contribution in [-0.2, 0) is 23.3 Å². The third-order valence-corrected chi connectivity index (χ3v) is 15.8. The van der Waals surface area contributed by atoms with Crippen LogP contribution in [0.3, 0.4) is 0 Å². The zero-order chi connectivity index (χ0) is 36.9. The number of aryl methyl sites for hydroxylation is 2. The first-order valence-electron chi connectivity index (χ1n) is 18.2. The van der Waals surface area contributed by atoms with E-state index >= 15 is 0 Å². The quantitative estimate of drug-likeness (QED) is 0.173. The van der Waals surface area contributed by atoms with Crippen molar-refractivity contribution >= 4 is 59.2 Å². The molecule has 2 aromatic heterocycles. The van der Waals surface area contributed by atoms with E-state index < -0.39 is 5.43 Å². The van der Waals surface area contributed by atoms with Crippen LogP contribution in [0.2, 0.25) is 0 Å². The van der Waals surface area contributed by atoms with E-state index in [2.05, 4.69) is 194 Å². The number of hydrogen-bond donors (Lipinski definition) is 0. The van der Waals surface area contributed by atoms with Crippen LogP contribution in [-0.4, -0.2) is 15.4 Å². The van der Waals surface area contributed by atoms with Gasteiger partial charge in [0.05, 0.1) is 11.0 Å². The van der Waals surface area contributed by atoms with Crippen LogP contribution in [0.1, 0.15) is 11.1 Å². The molecule has 0 unspecified atom stereocenters. The van der Waals surface area contributed by atoms with Gasteiger partial charge in [0.25, 0.3) is 0 Å². The van der Waals surface area contributed by atoms with Crippen molar-refractivity contribution in [3.63, 3.8) is 0 Å². The number of nitrogens with zero attached hydrogens (tertiary/aromatic N) is 2. The molecular weight excluding hydrogens is 819 g/mol. The van der Waals surface area contributed by atoms with Crippen molar-refractivity contribution in [2.75, 3.05) is 0 Å². The van der Waals surface area contributed by atoms with Crippen LogP contribution in [0.15, 0.2) is 194 Å². The van der Waals surface area contributed by atoms with Gasteiger partial charge < -0.3 is 24.8 Å². The Bertz CT molecular complexity index is 2670. The SMILES string of the molecule is Cc1cc2ccc(-c3cccc4cccnc34)cc2[cH-]1.Cc1cc2ccc(-c3cccc4cccnc34)cc2[cH-]1.[Cl-].[Cl-].[Zr+2]=[Si](c1ccccc1)c1ccccc1. The molecule has 10 rings (SSSR count). The third-order valence-electron chi connectivity index (χ3n) is 9.72. The zero-order valence-electron chi connectivity index (χ0n) is 31.1. The summed E-state index contributed by atoms with van der Waals surface area (Å²) in [5, 5.41) is 10.6. The molecule has 272 valence electrons. The standard InChI is InChI=1S/2C19H14N.C12H10Si.2ClH.Zr/c2*1-13-10-15-7-8-16(12-17(15)11-13)18-6-2-4-14-5-3-9-20-19(14)18;1-3-7-11(8-4-1)13-12-9-5-2-6-10-12;;;/h2*2-12H,1H3;1-10H;2*1H;/q2*-1;;;;+2/p-2. The average Bonchev–Trinajstić information content (AvgIpc) is 3.80. The summed E-state index contributed by atoms with van der Waals surface area (Å²) in [6.07, 6.45) is 3.72. The predicted molar refractivity (Wildman–Crippen MR) is 228 cm³/mol. The molecule has 2 nitrogen and oxygen atoms in total.